The molecule has 0 amide bonds. The smallest absolute Gasteiger partial charge is 0.127 e. The van der Waals surface area contributed by atoms with Crippen molar-refractivity contribution in [3.05, 3.63) is 23.9 Å². The molecule has 1 atom stereocenters. The Balaban J connectivity index is 2.02. The number of nitrogens with zero attached hydrogens (tertiary/aromatic N) is 2. The lowest BCUT2D eigenvalue weighted by atomic mass is 9.96. The maximum Gasteiger partial charge on any atom is 0.127 e. The van der Waals surface area contributed by atoms with Gasteiger partial charge in [-0.2, -0.15) is 0 Å². The van der Waals surface area contributed by atoms with Crippen molar-refractivity contribution < 1.29 is 4.39 Å². The maximum atomic E-state index is 13.8. The Bertz CT molecular complexity index is 365. The van der Waals surface area contributed by atoms with Gasteiger partial charge in [0.15, 0.2) is 0 Å². The van der Waals surface area contributed by atoms with Crippen LogP contribution in [0.1, 0.15) is 25.3 Å². The van der Waals surface area contributed by atoms with E-state index in [9.17, 15) is 4.39 Å². The molecule has 16 heavy (non-hydrogen) atoms. The molecule has 3 nitrogen and oxygen atoms in total. The number of nitrogen functional groups attached to an aromatic ring is 1. The molecular formula is C12H18FN3. The number of aromatic nitrogens is 1. The lowest BCUT2D eigenvalue weighted by molar-refractivity contribution is 0.0564. The van der Waals surface area contributed by atoms with Crippen LogP contribution in [0.5, 0.6) is 0 Å². The second kappa shape index (κ2) is 4.37. The molecular weight excluding hydrogens is 205 g/mol. The molecule has 1 aromatic heterocycles. The number of anilines is 1. The van der Waals surface area contributed by atoms with Crippen molar-refractivity contribution in [1.29, 1.82) is 0 Å². The van der Waals surface area contributed by atoms with Crippen molar-refractivity contribution in [2.75, 3.05) is 18.8 Å². The van der Waals surface area contributed by atoms with Gasteiger partial charge in [-0.05, 0) is 32.4 Å². The van der Waals surface area contributed by atoms with E-state index < -0.39 is 5.67 Å². The lowest BCUT2D eigenvalue weighted by Gasteiger charge is -2.35. The molecule has 0 unspecified atom stereocenters. The summed E-state index contributed by atoms with van der Waals surface area (Å²) in [7, 11) is 0. The van der Waals surface area contributed by atoms with Crippen LogP contribution in [0.25, 0.3) is 0 Å². The normalized spacial score (nSPS) is 26.9. The first-order valence-corrected chi connectivity index (χ1v) is 5.67. The van der Waals surface area contributed by atoms with Gasteiger partial charge in [-0.15, -0.1) is 0 Å². The molecule has 0 aromatic carbocycles. The minimum absolute atomic E-state index is 0.487. The average molecular weight is 223 g/mol. The first-order valence-electron chi connectivity index (χ1n) is 5.67. The number of hydrogen-bond donors (Lipinski definition) is 1. The van der Waals surface area contributed by atoms with E-state index in [1.54, 1.807) is 13.1 Å². The highest BCUT2D eigenvalue weighted by atomic mass is 19.1. The molecule has 0 radical (unpaired) electrons. The molecule has 0 aliphatic carbocycles. The van der Waals surface area contributed by atoms with Crippen LogP contribution in [-0.2, 0) is 6.54 Å². The number of halogens is 1. The summed E-state index contributed by atoms with van der Waals surface area (Å²) in [5.74, 6) is 0.550. The Morgan fingerprint density at radius 2 is 2.44 bits per heavy atom. The van der Waals surface area contributed by atoms with E-state index in [0.29, 0.717) is 25.3 Å². The zero-order chi connectivity index (χ0) is 11.6. The summed E-state index contributed by atoms with van der Waals surface area (Å²) in [5.41, 5.74) is 5.70. The Hall–Kier alpha value is -1.16. The summed E-state index contributed by atoms with van der Waals surface area (Å²) >= 11 is 0. The van der Waals surface area contributed by atoms with Gasteiger partial charge in [-0.1, -0.05) is 6.07 Å². The summed E-state index contributed by atoms with van der Waals surface area (Å²) in [5, 5.41) is 0. The van der Waals surface area contributed by atoms with Gasteiger partial charge < -0.3 is 5.73 Å². The van der Waals surface area contributed by atoms with Gasteiger partial charge in [-0.25, -0.2) is 9.37 Å². The number of rotatable bonds is 2. The minimum Gasteiger partial charge on any atom is -0.383 e. The van der Waals surface area contributed by atoms with E-state index in [1.165, 1.54) is 0 Å². The molecule has 2 rings (SSSR count). The summed E-state index contributed by atoms with van der Waals surface area (Å²) in [6, 6.07) is 3.82. The highest BCUT2D eigenvalue weighted by molar-refractivity contribution is 5.38. The average Bonchev–Trinajstić information content (AvgIpc) is 2.20. The molecule has 0 bridgehead atoms. The van der Waals surface area contributed by atoms with Crippen molar-refractivity contribution in [3.63, 3.8) is 0 Å². The Morgan fingerprint density at radius 1 is 1.62 bits per heavy atom. The molecule has 2 N–H and O–H groups in total. The van der Waals surface area contributed by atoms with Crippen molar-refractivity contribution in [3.8, 4) is 0 Å². The topological polar surface area (TPSA) is 42.2 Å². The SMILES string of the molecule is C[C@@]1(F)CCCN(Cc2cccnc2N)C1. The molecule has 2 heterocycles. The van der Waals surface area contributed by atoms with Gasteiger partial charge >= 0.3 is 0 Å². The summed E-state index contributed by atoms with van der Waals surface area (Å²) in [6.45, 7) is 3.79. The van der Waals surface area contributed by atoms with Crippen LogP contribution in [0.2, 0.25) is 0 Å². The molecule has 1 aliphatic rings. The third-order valence-electron chi connectivity index (χ3n) is 3.05. The van der Waals surface area contributed by atoms with Gasteiger partial charge in [0.05, 0.1) is 0 Å². The Morgan fingerprint density at radius 3 is 3.12 bits per heavy atom. The molecule has 88 valence electrons. The monoisotopic (exact) mass is 223 g/mol. The molecule has 1 fully saturated rings. The number of pyridine rings is 1. The number of piperidine rings is 1. The number of likely N-dealkylation sites (tertiary alicyclic amines) is 1. The summed E-state index contributed by atoms with van der Waals surface area (Å²) in [4.78, 5) is 6.15. The van der Waals surface area contributed by atoms with Crippen LogP contribution in [0.3, 0.4) is 0 Å². The van der Waals surface area contributed by atoms with Crippen molar-refractivity contribution in [2.24, 2.45) is 0 Å². The zero-order valence-electron chi connectivity index (χ0n) is 9.62. The van der Waals surface area contributed by atoms with Crippen molar-refractivity contribution >= 4 is 5.82 Å². The largest absolute Gasteiger partial charge is 0.383 e. The quantitative estimate of drug-likeness (QED) is 0.833. The van der Waals surface area contributed by atoms with Crippen LogP contribution < -0.4 is 5.73 Å². The molecule has 0 saturated carbocycles. The first-order chi connectivity index (χ1) is 7.57. The van der Waals surface area contributed by atoms with Crippen LogP contribution >= 0.6 is 0 Å². The van der Waals surface area contributed by atoms with Crippen LogP contribution in [0.4, 0.5) is 10.2 Å². The molecule has 4 heteroatoms. The maximum absolute atomic E-state index is 13.8. The lowest BCUT2D eigenvalue weighted by Crippen LogP contribution is -2.42. The highest BCUT2D eigenvalue weighted by Crippen LogP contribution is 2.26. The van der Waals surface area contributed by atoms with E-state index in [4.69, 9.17) is 5.73 Å². The second-order valence-corrected chi connectivity index (χ2v) is 4.78. The minimum atomic E-state index is -1.06. The van der Waals surface area contributed by atoms with E-state index >= 15 is 0 Å². The van der Waals surface area contributed by atoms with E-state index in [-0.39, 0.29) is 0 Å². The fourth-order valence-corrected chi connectivity index (χ4v) is 2.26. The highest BCUT2D eigenvalue weighted by Gasteiger charge is 2.30. The predicted molar refractivity (Wildman–Crippen MR) is 62.7 cm³/mol. The number of hydrogen-bond acceptors (Lipinski definition) is 3. The van der Waals surface area contributed by atoms with E-state index in [2.05, 4.69) is 9.88 Å². The van der Waals surface area contributed by atoms with Gasteiger partial charge in [0.2, 0.25) is 0 Å². The van der Waals surface area contributed by atoms with Crippen LogP contribution in [-0.4, -0.2) is 28.6 Å². The van der Waals surface area contributed by atoms with Gasteiger partial charge in [0.1, 0.15) is 11.5 Å². The van der Waals surface area contributed by atoms with Gasteiger partial charge in [0, 0.05) is 24.8 Å². The Kier molecular flexibility index (Phi) is 3.10. The fourth-order valence-electron chi connectivity index (χ4n) is 2.26. The third kappa shape index (κ3) is 2.70. The van der Waals surface area contributed by atoms with Crippen LogP contribution in [0, 0.1) is 0 Å². The standard InChI is InChI=1S/C12H18FN3/c1-12(13)5-3-7-16(9-12)8-10-4-2-6-15-11(10)14/h2,4,6H,3,5,7-9H2,1H3,(H2,14,15)/t12-/m1/s1. The third-order valence-corrected chi connectivity index (χ3v) is 3.05. The fraction of sp³-hybridized carbons (Fsp3) is 0.583. The number of nitrogens with two attached hydrogens (primary N) is 1. The summed E-state index contributed by atoms with van der Waals surface area (Å²) < 4.78 is 13.8. The van der Waals surface area contributed by atoms with Gasteiger partial charge in [-0.3, -0.25) is 4.90 Å². The molecule has 1 aromatic rings. The van der Waals surface area contributed by atoms with Gasteiger partial charge in [0.25, 0.3) is 0 Å². The second-order valence-electron chi connectivity index (χ2n) is 4.78. The zero-order valence-corrected chi connectivity index (χ0v) is 9.62. The van der Waals surface area contributed by atoms with Crippen LogP contribution in [0.15, 0.2) is 18.3 Å². The van der Waals surface area contributed by atoms with Crippen molar-refractivity contribution in [1.82, 2.24) is 9.88 Å². The summed E-state index contributed by atoms with van der Waals surface area (Å²) in [6.07, 6.45) is 3.24. The van der Waals surface area contributed by atoms with E-state index in [0.717, 1.165) is 18.5 Å². The molecule has 1 saturated heterocycles. The molecule has 0 spiro atoms. The number of alkyl halides is 1. The Labute approximate surface area is 95.5 Å². The van der Waals surface area contributed by atoms with Crippen molar-refractivity contribution in [2.45, 2.75) is 32.0 Å². The van der Waals surface area contributed by atoms with E-state index in [1.807, 2.05) is 12.1 Å². The first kappa shape index (κ1) is 11.3. The predicted octanol–water partition coefficient (Wildman–Crippen LogP) is 1.99. The molecule has 1 aliphatic heterocycles.